The Morgan fingerprint density at radius 2 is 2.12 bits per heavy atom. The summed E-state index contributed by atoms with van der Waals surface area (Å²) in [4.78, 5) is 14.0. The number of aromatic nitrogens is 2. The molecule has 17 heavy (non-hydrogen) atoms. The van der Waals surface area contributed by atoms with E-state index in [1.165, 1.54) is 23.9 Å². The van der Waals surface area contributed by atoms with Crippen molar-refractivity contribution in [3.05, 3.63) is 22.6 Å². The molecule has 0 aromatic carbocycles. The van der Waals surface area contributed by atoms with Crippen molar-refractivity contribution in [1.82, 2.24) is 9.78 Å². The molecule has 0 saturated carbocycles. The molecule has 1 saturated heterocycles. The molecule has 2 rings (SSSR count). The molecular formula is C13H17N3O. The minimum absolute atomic E-state index is 0.0664. The Bertz CT molecular complexity index is 466. The largest absolute Gasteiger partial charge is 0.370 e. The van der Waals surface area contributed by atoms with Gasteiger partial charge in [0.05, 0.1) is 18.4 Å². The van der Waals surface area contributed by atoms with Crippen LogP contribution in [0.4, 0.5) is 5.69 Å². The highest BCUT2D eigenvalue weighted by molar-refractivity contribution is 5.43. The molecule has 0 bridgehead atoms. The third kappa shape index (κ3) is 2.88. The van der Waals surface area contributed by atoms with Gasteiger partial charge in [-0.05, 0) is 19.3 Å². The molecule has 0 N–H and O–H groups in total. The van der Waals surface area contributed by atoms with E-state index in [0.717, 1.165) is 18.8 Å². The van der Waals surface area contributed by atoms with E-state index in [-0.39, 0.29) is 5.56 Å². The molecule has 1 fully saturated rings. The first-order valence-corrected chi connectivity index (χ1v) is 6.07. The first-order chi connectivity index (χ1) is 8.31. The Hall–Kier alpha value is -1.76. The summed E-state index contributed by atoms with van der Waals surface area (Å²) in [6.07, 6.45) is 11.1. The SMILES string of the molecule is C#CCCn1ncc(N2CCCCC2)cc1=O. The minimum atomic E-state index is -0.0664. The fourth-order valence-corrected chi connectivity index (χ4v) is 2.09. The van der Waals surface area contributed by atoms with Crippen LogP contribution >= 0.6 is 0 Å². The lowest BCUT2D eigenvalue weighted by molar-refractivity contribution is 0.564. The molecule has 4 nitrogen and oxygen atoms in total. The van der Waals surface area contributed by atoms with Gasteiger partial charge in [0.25, 0.3) is 5.56 Å². The van der Waals surface area contributed by atoms with Crippen molar-refractivity contribution in [2.24, 2.45) is 0 Å². The highest BCUT2D eigenvalue weighted by Crippen LogP contribution is 2.16. The van der Waals surface area contributed by atoms with Gasteiger partial charge >= 0.3 is 0 Å². The molecule has 1 aromatic heterocycles. The topological polar surface area (TPSA) is 38.1 Å². The predicted octanol–water partition coefficient (Wildman–Crippen LogP) is 1.26. The third-order valence-electron chi connectivity index (χ3n) is 3.04. The van der Waals surface area contributed by atoms with Crippen LogP contribution in [0.5, 0.6) is 0 Å². The maximum atomic E-state index is 11.8. The van der Waals surface area contributed by atoms with Crippen LogP contribution in [0.2, 0.25) is 0 Å². The molecule has 1 aliphatic heterocycles. The van der Waals surface area contributed by atoms with E-state index in [4.69, 9.17) is 6.42 Å². The Morgan fingerprint density at radius 1 is 1.35 bits per heavy atom. The number of anilines is 1. The quantitative estimate of drug-likeness (QED) is 0.735. The molecule has 0 unspecified atom stereocenters. The van der Waals surface area contributed by atoms with Crippen LogP contribution in [0, 0.1) is 12.3 Å². The maximum Gasteiger partial charge on any atom is 0.268 e. The van der Waals surface area contributed by atoms with Gasteiger partial charge in [-0.2, -0.15) is 5.10 Å². The average molecular weight is 231 g/mol. The molecule has 4 heteroatoms. The molecule has 0 radical (unpaired) electrons. The van der Waals surface area contributed by atoms with Gasteiger partial charge in [-0.25, -0.2) is 4.68 Å². The van der Waals surface area contributed by atoms with Gasteiger partial charge in [-0.3, -0.25) is 4.79 Å². The molecule has 0 spiro atoms. The third-order valence-corrected chi connectivity index (χ3v) is 3.04. The van der Waals surface area contributed by atoms with Crippen molar-refractivity contribution in [2.75, 3.05) is 18.0 Å². The molecule has 90 valence electrons. The monoisotopic (exact) mass is 231 g/mol. The van der Waals surface area contributed by atoms with E-state index < -0.39 is 0 Å². The van der Waals surface area contributed by atoms with E-state index in [0.29, 0.717) is 13.0 Å². The minimum Gasteiger partial charge on any atom is -0.370 e. The second kappa shape index (κ2) is 5.53. The zero-order valence-corrected chi connectivity index (χ0v) is 9.93. The van der Waals surface area contributed by atoms with Gasteiger partial charge in [0.15, 0.2) is 0 Å². The van der Waals surface area contributed by atoms with E-state index in [9.17, 15) is 4.79 Å². The Morgan fingerprint density at radius 3 is 2.76 bits per heavy atom. The van der Waals surface area contributed by atoms with Crippen LogP contribution in [0.25, 0.3) is 0 Å². The first-order valence-electron chi connectivity index (χ1n) is 6.07. The summed E-state index contributed by atoms with van der Waals surface area (Å²) >= 11 is 0. The van der Waals surface area contributed by atoms with Gasteiger partial charge in [0, 0.05) is 25.6 Å². The number of hydrogen-bond acceptors (Lipinski definition) is 3. The number of rotatable bonds is 3. The second-order valence-electron chi connectivity index (χ2n) is 4.28. The van der Waals surface area contributed by atoms with E-state index in [1.807, 2.05) is 0 Å². The van der Waals surface area contributed by atoms with Gasteiger partial charge in [-0.15, -0.1) is 12.3 Å². The fourth-order valence-electron chi connectivity index (χ4n) is 2.09. The summed E-state index contributed by atoms with van der Waals surface area (Å²) in [5.41, 5.74) is 0.870. The van der Waals surface area contributed by atoms with Crippen molar-refractivity contribution in [2.45, 2.75) is 32.2 Å². The van der Waals surface area contributed by atoms with E-state index in [1.54, 1.807) is 12.3 Å². The summed E-state index contributed by atoms with van der Waals surface area (Å²) in [5.74, 6) is 2.51. The normalized spacial score (nSPS) is 15.6. The molecule has 2 heterocycles. The van der Waals surface area contributed by atoms with Crippen molar-refractivity contribution in [3.63, 3.8) is 0 Å². The molecular weight excluding hydrogens is 214 g/mol. The van der Waals surface area contributed by atoms with Crippen LogP contribution in [0.15, 0.2) is 17.1 Å². The first kappa shape index (κ1) is 11.7. The number of aryl methyl sites for hydroxylation is 1. The number of nitrogens with zero attached hydrogens (tertiary/aromatic N) is 3. The molecule has 1 aliphatic rings. The summed E-state index contributed by atoms with van der Waals surface area (Å²) in [7, 11) is 0. The Labute approximate surface area is 101 Å². The van der Waals surface area contributed by atoms with E-state index in [2.05, 4.69) is 15.9 Å². The Kier molecular flexibility index (Phi) is 3.81. The highest BCUT2D eigenvalue weighted by Gasteiger charge is 2.12. The summed E-state index contributed by atoms with van der Waals surface area (Å²) in [5, 5.41) is 4.16. The smallest absolute Gasteiger partial charge is 0.268 e. The zero-order chi connectivity index (χ0) is 12.1. The Balaban J connectivity index is 2.13. The summed E-state index contributed by atoms with van der Waals surface area (Å²) in [6.45, 7) is 2.54. The van der Waals surface area contributed by atoms with Crippen LogP contribution in [0.3, 0.4) is 0 Å². The zero-order valence-electron chi connectivity index (χ0n) is 9.93. The molecule has 0 atom stereocenters. The molecule has 0 amide bonds. The van der Waals surface area contributed by atoms with Crippen molar-refractivity contribution >= 4 is 5.69 Å². The highest BCUT2D eigenvalue weighted by atomic mass is 16.1. The predicted molar refractivity (Wildman–Crippen MR) is 68.0 cm³/mol. The van der Waals surface area contributed by atoms with Crippen molar-refractivity contribution in [3.8, 4) is 12.3 Å². The summed E-state index contributed by atoms with van der Waals surface area (Å²) < 4.78 is 1.42. The average Bonchev–Trinajstić information content (AvgIpc) is 2.38. The van der Waals surface area contributed by atoms with E-state index >= 15 is 0 Å². The maximum absolute atomic E-state index is 11.8. The second-order valence-corrected chi connectivity index (χ2v) is 4.28. The molecule has 1 aromatic rings. The van der Waals surface area contributed by atoms with Crippen LogP contribution < -0.4 is 10.5 Å². The lowest BCUT2D eigenvalue weighted by Crippen LogP contribution is -2.32. The van der Waals surface area contributed by atoms with Gasteiger partial charge in [0.1, 0.15) is 0 Å². The number of piperidine rings is 1. The van der Waals surface area contributed by atoms with Crippen molar-refractivity contribution < 1.29 is 0 Å². The lowest BCUT2D eigenvalue weighted by atomic mass is 10.1. The molecule has 0 aliphatic carbocycles. The fraction of sp³-hybridized carbons (Fsp3) is 0.538. The van der Waals surface area contributed by atoms with Crippen molar-refractivity contribution in [1.29, 1.82) is 0 Å². The van der Waals surface area contributed by atoms with Gasteiger partial charge < -0.3 is 4.90 Å². The van der Waals surface area contributed by atoms with Crippen LogP contribution in [-0.2, 0) is 6.54 Å². The standard InChI is InChI=1S/C13H17N3O/c1-2-3-9-16-13(17)10-12(11-14-16)15-7-5-4-6-8-15/h1,10-11H,3-9H2. The number of terminal acetylenes is 1. The number of hydrogen-bond donors (Lipinski definition) is 0. The van der Waals surface area contributed by atoms with Gasteiger partial charge in [-0.1, -0.05) is 0 Å². The van der Waals surface area contributed by atoms with Crippen LogP contribution in [0.1, 0.15) is 25.7 Å². The van der Waals surface area contributed by atoms with Gasteiger partial charge in [0.2, 0.25) is 0 Å². The summed E-state index contributed by atoms with van der Waals surface area (Å²) in [6, 6.07) is 1.66. The lowest BCUT2D eigenvalue weighted by Gasteiger charge is -2.28. The van der Waals surface area contributed by atoms with Crippen LogP contribution in [-0.4, -0.2) is 22.9 Å².